The van der Waals surface area contributed by atoms with Crippen LogP contribution in [0.1, 0.15) is 11.1 Å². The van der Waals surface area contributed by atoms with Crippen molar-refractivity contribution in [1.82, 2.24) is 0 Å². The van der Waals surface area contributed by atoms with Gasteiger partial charge in [0, 0.05) is 5.69 Å². The lowest BCUT2D eigenvalue weighted by Gasteiger charge is -2.14. The molecule has 2 aromatic rings. The van der Waals surface area contributed by atoms with E-state index in [2.05, 4.69) is 0 Å². The summed E-state index contributed by atoms with van der Waals surface area (Å²) in [6.45, 7) is 1.93. The molecule has 0 saturated carbocycles. The number of hydrogen-bond donors (Lipinski definition) is 1. The molecule has 1 aliphatic rings. The van der Waals surface area contributed by atoms with E-state index in [1.807, 2.05) is 19.1 Å². The summed E-state index contributed by atoms with van der Waals surface area (Å²) in [5.74, 6) is -2.38. The molecular formula is C19H13F3N2O2S2. The van der Waals surface area contributed by atoms with Gasteiger partial charge in [-0.3, -0.25) is 14.5 Å². The fourth-order valence-electron chi connectivity index (χ4n) is 2.44. The van der Waals surface area contributed by atoms with Gasteiger partial charge in [0.05, 0.1) is 10.6 Å². The van der Waals surface area contributed by atoms with Gasteiger partial charge in [-0.2, -0.15) is 13.2 Å². The minimum Gasteiger partial charge on any atom is -0.318 e. The molecule has 0 aromatic heterocycles. The van der Waals surface area contributed by atoms with Crippen molar-refractivity contribution in [1.29, 1.82) is 0 Å². The average Bonchev–Trinajstić information content (AvgIpc) is 2.89. The second-order valence-corrected chi connectivity index (χ2v) is 7.61. The van der Waals surface area contributed by atoms with E-state index in [9.17, 15) is 22.8 Å². The van der Waals surface area contributed by atoms with Crippen LogP contribution in [0, 0.1) is 6.92 Å². The zero-order chi connectivity index (χ0) is 20.5. The molecule has 0 aliphatic carbocycles. The lowest BCUT2D eigenvalue weighted by Crippen LogP contribution is -2.29. The monoisotopic (exact) mass is 422 g/mol. The van der Waals surface area contributed by atoms with Gasteiger partial charge in [-0.05, 0) is 42.8 Å². The Morgan fingerprint density at radius 3 is 2.50 bits per heavy atom. The van der Waals surface area contributed by atoms with Crippen LogP contribution in [0.25, 0.3) is 6.08 Å². The van der Waals surface area contributed by atoms with Crippen molar-refractivity contribution in [3.63, 3.8) is 0 Å². The number of carbonyl (C=O) groups excluding carboxylic acids is 2. The van der Waals surface area contributed by atoms with Crippen molar-refractivity contribution in [2.75, 3.05) is 10.2 Å². The average molecular weight is 422 g/mol. The molecule has 1 fully saturated rings. The number of thiocarbonyl (C=S) groups is 1. The van der Waals surface area contributed by atoms with E-state index in [-0.39, 0.29) is 11.6 Å². The summed E-state index contributed by atoms with van der Waals surface area (Å²) >= 11 is 6.40. The molecule has 1 aliphatic heterocycles. The molecule has 0 radical (unpaired) electrons. The Morgan fingerprint density at radius 1 is 1.18 bits per heavy atom. The Kier molecular flexibility index (Phi) is 5.57. The number of nitrogens with zero attached hydrogens (tertiary/aromatic N) is 1. The number of amides is 2. The summed E-state index contributed by atoms with van der Waals surface area (Å²) in [7, 11) is 0. The maximum atomic E-state index is 12.7. The Morgan fingerprint density at radius 2 is 1.86 bits per heavy atom. The van der Waals surface area contributed by atoms with E-state index >= 15 is 0 Å². The highest BCUT2D eigenvalue weighted by molar-refractivity contribution is 8.27. The van der Waals surface area contributed by atoms with Crippen molar-refractivity contribution in [2.24, 2.45) is 0 Å². The molecule has 2 aromatic carbocycles. The SMILES string of the molecule is Cc1ccc(N2C(=O)/C(=C\c3cccc(NC(=O)C(F)(F)F)c3)SC2=S)cc1. The number of hydrogen-bond acceptors (Lipinski definition) is 4. The zero-order valence-corrected chi connectivity index (χ0v) is 16.0. The number of aryl methyl sites for hydroxylation is 1. The van der Waals surface area contributed by atoms with Gasteiger partial charge in [0.2, 0.25) is 0 Å². The number of anilines is 2. The molecule has 1 N–H and O–H groups in total. The number of rotatable bonds is 3. The fourth-order valence-corrected chi connectivity index (χ4v) is 3.74. The Bertz CT molecular complexity index is 985. The minimum absolute atomic E-state index is 0.0231. The van der Waals surface area contributed by atoms with Crippen LogP contribution < -0.4 is 10.2 Å². The van der Waals surface area contributed by atoms with E-state index in [0.717, 1.165) is 17.3 Å². The first-order valence-electron chi connectivity index (χ1n) is 7.98. The van der Waals surface area contributed by atoms with Gasteiger partial charge >= 0.3 is 12.1 Å². The maximum absolute atomic E-state index is 12.7. The molecule has 1 saturated heterocycles. The third-order valence-electron chi connectivity index (χ3n) is 3.79. The second kappa shape index (κ2) is 7.76. The summed E-state index contributed by atoms with van der Waals surface area (Å²) in [6.07, 6.45) is -3.46. The number of nitrogens with one attached hydrogen (secondary N) is 1. The van der Waals surface area contributed by atoms with Gasteiger partial charge in [-0.25, -0.2) is 0 Å². The summed E-state index contributed by atoms with van der Waals surface area (Å²) in [4.78, 5) is 25.5. The predicted octanol–water partition coefficient (Wildman–Crippen LogP) is 4.90. The number of alkyl halides is 3. The van der Waals surface area contributed by atoms with Crippen LogP contribution in [-0.4, -0.2) is 22.3 Å². The second-order valence-electron chi connectivity index (χ2n) is 5.93. The van der Waals surface area contributed by atoms with Crippen LogP contribution in [0.5, 0.6) is 0 Å². The van der Waals surface area contributed by atoms with E-state index in [4.69, 9.17) is 12.2 Å². The molecular weight excluding hydrogens is 409 g/mol. The van der Waals surface area contributed by atoms with Crippen molar-refractivity contribution < 1.29 is 22.8 Å². The lowest BCUT2D eigenvalue weighted by atomic mass is 10.1. The molecule has 0 unspecified atom stereocenters. The number of carbonyl (C=O) groups is 2. The predicted molar refractivity (Wildman–Crippen MR) is 108 cm³/mol. The summed E-state index contributed by atoms with van der Waals surface area (Å²) < 4.78 is 37.5. The highest BCUT2D eigenvalue weighted by Crippen LogP contribution is 2.36. The highest BCUT2D eigenvalue weighted by Gasteiger charge is 2.38. The van der Waals surface area contributed by atoms with Gasteiger partial charge in [-0.15, -0.1) is 0 Å². The van der Waals surface area contributed by atoms with E-state index in [1.54, 1.807) is 23.5 Å². The molecule has 0 bridgehead atoms. The summed E-state index contributed by atoms with van der Waals surface area (Å²) in [5.41, 5.74) is 2.12. The van der Waals surface area contributed by atoms with Crippen LogP contribution in [-0.2, 0) is 9.59 Å². The Labute approximate surface area is 168 Å². The third kappa shape index (κ3) is 4.42. The smallest absolute Gasteiger partial charge is 0.318 e. The molecule has 9 heteroatoms. The van der Waals surface area contributed by atoms with Crippen LogP contribution in [0.15, 0.2) is 53.4 Å². The highest BCUT2D eigenvalue weighted by atomic mass is 32.2. The molecule has 1 heterocycles. The quantitative estimate of drug-likeness (QED) is 0.565. The molecule has 3 rings (SSSR count). The van der Waals surface area contributed by atoms with E-state index in [1.165, 1.54) is 29.2 Å². The van der Waals surface area contributed by atoms with Crippen LogP contribution >= 0.6 is 24.0 Å². The fraction of sp³-hybridized carbons (Fsp3) is 0.105. The van der Waals surface area contributed by atoms with Crippen LogP contribution in [0.3, 0.4) is 0 Å². The van der Waals surface area contributed by atoms with Crippen molar-refractivity contribution in [3.05, 3.63) is 64.6 Å². The number of benzene rings is 2. The first-order chi connectivity index (χ1) is 13.1. The molecule has 144 valence electrons. The normalized spacial score (nSPS) is 16.0. The molecule has 4 nitrogen and oxygen atoms in total. The van der Waals surface area contributed by atoms with Crippen LogP contribution in [0.2, 0.25) is 0 Å². The third-order valence-corrected chi connectivity index (χ3v) is 5.09. The van der Waals surface area contributed by atoms with Gasteiger partial charge in [-0.1, -0.05) is 53.8 Å². The topological polar surface area (TPSA) is 49.4 Å². The first kappa shape index (κ1) is 20.1. The Hall–Kier alpha value is -2.65. The molecule has 2 amide bonds. The largest absolute Gasteiger partial charge is 0.471 e. The van der Waals surface area contributed by atoms with Gasteiger partial charge in [0.1, 0.15) is 0 Å². The van der Waals surface area contributed by atoms with Gasteiger partial charge in [0.15, 0.2) is 4.32 Å². The summed E-state index contributed by atoms with van der Waals surface area (Å²) in [6, 6.07) is 13.1. The van der Waals surface area contributed by atoms with Gasteiger partial charge in [0.25, 0.3) is 5.91 Å². The maximum Gasteiger partial charge on any atom is 0.471 e. The number of halogens is 3. The zero-order valence-electron chi connectivity index (χ0n) is 14.4. The van der Waals surface area contributed by atoms with Crippen molar-refractivity contribution in [3.8, 4) is 0 Å². The van der Waals surface area contributed by atoms with Gasteiger partial charge < -0.3 is 5.32 Å². The standard InChI is InChI=1S/C19H13F3N2O2S2/c1-11-5-7-14(8-6-11)24-16(25)15(28-18(24)27)10-12-3-2-4-13(9-12)23-17(26)19(20,21)22/h2-10H,1H3,(H,23,26)/b15-10+. The molecule has 0 spiro atoms. The minimum atomic E-state index is -4.98. The Balaban J connectivity index is 1.83. The lowest BCUT2D eigenvalue weighted by molar-refractivity contribution is -0.167. The number of thioether (sulfide) groups is 1. The van der Waals surface area contributed by atoms with Crippen molar-refractivity contribution >= 4 is 57.6 Å². The first-order valence-corrected chi connectivity index (χ1v) is 9.20. The van der Waals surface area contributed by atoms with E-state index < -0.39 is 12.1 Å². The van der Waals surface area contributed by atoms with E-state index in [0.29, 0.717) is 20.5 Å². The van der Waals surface area contributed by atoms with Crippen LogP contribution in [0.4, 0.5) is 24.5 Å². The molecule has 28 heavy (non-hydrogen) atoms. The summed E-state index contributed by atoms with van der Waals surface area (Å²) in [5, 5.41) is 1.79. The molecule has 0 atom stereocenters. The van der Waals surface area contributed by atoms with Crippen molar-refractivity contribution in [2.45, 2.75) is 13.1 Å².